The second-order valence-corrected chi connectivity index (χ2v) is 9.45. The van der Waals surface area contributed by atoms with Crippen molar-refractivity contribution >= 4 is 39.1 Å². The van der Waals surface area contributed by atoms with Gasteiger partial charge in [0.25, 0.3) is 0 Å². The van der Waals surface area contributed by atoms with Gasteiger partial charge in [-0.1, -0.05) is 18.2 Å². The maximum Gasteiger partial charge on any atom is 0.306 e. The van der Waals surface area contributed by atoms with Crippen molar-refractivity contribution < 1.29 is 14.3 Å². The van der Waals surface area contributed by atoms with Crippen molar-refractivity contribution in [2.24, 2.45) is 11.8 Å². The Morgan fingerprint density at radius 2 is 1.94 bits per heavy atom. The van der Waals surface area contributed by atoms with E-state index >= 15 is 0 Å². The number of allylic oxidation sites excluding steroid dienone is 1. The fourth-order valence-electron chi connectivity index (χ4n) is 4.38. The van der Waals surface area contributed by atoms with Crippen LogP contribution in [0.2, 0.25) is 0 Å². The predicted molar refractivity (Wildman–Crippen MR) is 123 cm³/mol. The molecule has 3 aromatic rings. The molecular formula is C25H24N2O3S. The normalized spacial score (nSPS) is 21.5. The summed E-state index contributed by atoms with van der Waals surface area (Å²) in [6, 6.07) is 13.9. The van der Waals surface area contributed by atoms with E-state index in [4.69, 9.17) is 9.72 Å². The summed E-state index contributed by atoms with van der Waals surface area (Å²) < 4.78 is 6.73. The lowest BCUT2D eigenvalue weighted by atomic mass is 10.0. The number of fused-ring (bicyclic) bond motifs is 3. The third-order valence-electron chi connectivity index (χ3n) is 6.02. The standard InChI is InChI=1S/C25H24N2O3S/c1-15-2-9-20-22(12-15)31-25(27-20)17-5-7-19(8-6-17)26-23(28)10-11-24(29)30-21-14-16-3-4-18(21)13-16/h2-9,12,16,18,21H,10-11,13-14H2,1H3,(H,26,28). The molecule has 31 heavy (non-hydrogen) atoms. The molecule has 5 rings (SSSR count). The van der Waals surface area contributed by atoms with Crippen LogP contribution in [0.5, 0.6) is 0 Å². The number of nitrogens with zero attached hydrogens (tertiary/aromatic N) is 1. The number of carbonyl (C=O) groups is 2. The maximum atomic E-state index is 12.2. The lowest BCUT2D eigenvalue weighted by Gasteiger charge is -2.18. The molecule has 1 aromatic heterocycles. The monoisotopic (exact) mass is 432 g/mol. The van der Waals surface area contributed by atoms with Crippen LogP contribution >= 0.6 is 11.3 Å². The highest BCUT2D eigenvalue weighted by atomic mass is 32.1. The lowest BCUT2D eigenvalue weighted by Crippen LogP contribution is -2.23. The average Bonchev–Trinajstić information content (AvgIpc) is 3.48. The van der Waals surface area contributed by atoms with Crippen LogP contribution in [-0.4, -0.2) is 23.0 Å². The topological polar surface area (TPSA) is 68.3 Å². The summed E-state index contributed by atoms with van der Waals surface area (Å²) in [4.78, 5) is 29.0. The third-order valence-corrected chi connectivity index (χ3v) is 7.08. The molecular weight excluding hydrogens is 408 g/mol. The van der Waals surface area contributed by atoms with E-state index in [0.717, 1.165) is 28.9 Å². The van der Waals surface area contributed by atoms with Gasteiger partial charge in [-0.25, -0.2) is 4.98 Å². The van der Waals surface area contributed by atoms with Crippen LogP contribution in [-0.2, 0) is 14.3 Å². The summed E-state index contributed by atoms with van der Waals surface area (Å²) in [5.41, 5.74) is 3.94. The number of aryl methyl sites for hydroxylation is 1. The predicted octanol–water partition coefficient (Wildman–Crippen LogP) is 5.50. The largest absolute Gasteiger partial charge is 0.462 e. The number of benzene rings is 2. The number of ether oxygens (including phenoxy) is 1. The minimum Gasteiger partial charge on any atom is -0.462 e. The van der Waals surface area contributed by atoms with Crippen molar-refractivity contribution in [3.63, 3.8) is 0 Å². The zero-order valence-electron chi connectivity index (χ0n) is 17.3. The Bertz CT molecular complexity index is 1170. The maximum absolute atomic E-state index is 12.2. The summed E-state index contributed by atoms with van der Waals surface area (Å²) in [6.07, 6.45) is 6.58. The van der Waals surface area contributed by atoms with Gasteiger partial charge in [-0.3, -0.25) is 9.59 Å². The Balaban J connectivity index is 1.13. The molecule has 1 amide bonds. The van der Waals surface area contributed by atoms with Gasteiger partial charge in [0.15, 0.2) is 0 Å². The number of nitrogens with one attached hydrogen (secondary N) is 1. The molecule has 158 valence electrons. The highest BCUT2D eigenvalue weighted by molar-refractivity contribution is 7.21. The van der Waals surface area contributed by atoms with Gasteiger partial charge in [-0.15, -0.1) is 11.3 Å². The highest BCUT2D eigenvalue weighted by Crippen LogP contribution is 2.40. The zero-order valence-corrected chi connectivity index (χ0v) is 18.2. The van der Waals surface area contributed by atoms with E-state index in [1.54, 1.807) is 11.3 Å². The van der Waals surface area contributed by atoms with Crippen molar-refractivity contribution in [2.45, 2.75) is 38.7 Å². The molecule has 6 heteroatoms. The van der Waals surface area contributed by atoms with Gasteiger partial charge in [-0.2, -0.15) is 0 Å². The van der Waals surface area contributed by atoms with Crippen LogP contribution in [0.1, 0.15) is 31.2 Å². The number of anilines is 1. The van der Waals surface area contributed by atoms with Crippen molar-refractivity contribution in [1.82, 2.24) is 4.98 Å². The molecule has 0 saturated heterocycles. The zero-order chi connectivity index (χ0) is 21.4. The summed E-state index contributed by atoms with van der Waals surface area (Å²) in [7, 11) is 0. The van der Waals surface area contributed by atoms with E-state index in [2.05, 4.69) is 36.5 Å². The van der Waals surface area contributed by atoms with E-state index in [9.17, 15) is 9.59 Å². The van der Waals surface area contributed by atoms with Crippen molar-refractivity contribution in [2.75, 3.05) is 5.32 Å². The summed E-state index contributed by atoms with van der Waals surface area (Å²) in [5.74, 6) is 0.442. The first-order chi connectivity index (χ1) is 15.0. The van der Waals surface area contributed by atoms with E-state index in [-0.39, 0.29) is 30.8 Å². The van der Waals surface area contributed by atoms with Gasteiger partial charge in [0.2, 0.25) is 5.91 Å². The number of carbonyl (C=O) groups excluding carboxylic acids is 2. The second-order valence-electron chi connectivity index (χ2n) is 8.42. The van der Waals surface area contributed by atoms with Crippen LogP contribution in [0.4, 0.5) is 5.69 Å². The minimum absolute atomic E-state index is 0.00969. The van der Waals surface area contributed by atoms with Crippen molar-refractivity contribution in [1.29, 1.82) is 0 Å². The van der Waals surface area contributed by atoms with Gasteiger partial charge in [0.1, 0.15) is 11.1 Å². The molecule has 2 aliphatic carbocycles. The number of hydrogen-bond donors (Lipinski definition) is 1. The Morgan fingerprint density at radius 1 is 1.10 bits per heavy atom. The SMILES string of the molecule is Cc1ccc2nc(-c3ccc(NC(=O)CCC(=O)OC4CC5C=CC4C5)cc3)sc2c1. The summed E-state index contributed by atoms with van der Waals surface area (Å²) in [6.45, 7) is 2.08. The number of rotatable bonds is 6. The molecule has 2 aromatic carbocycles. The van der Waals surface area contributed by atoms with Crippen molar-refractivity contribution in [3.8, 4) is 10.6 Å². The van der Waals surface area contributed by atoms with E-state index in [0.29, 0.717) is 17.5 Å². The average molecular weight is 433 g/mol. The fraction of sp³-hybridized carbons (Fsp3) is 0.320. The van der Waals surface area contributed by atoms with E-state index < -0.39 is 0 Å². The molecule has 2 aliphatic rings. The van der Waals surface area contributed by atoms with Gasteiger partial charge < -0.3 is 10.1 Å². The second kappa shape index (κ2) is 8.27. The molecule has 0 aliphatic heterocycles. The summed E-state index contributed by atoms with van der Waals surface area (Å²) in [5, 5.41) is 3.81. The first-order valence-electron chi connectivity index (χ1n) is 10.7. The first kappa shape index (κ1) is 19.9. The molecule has 5 nitrogen and oxygen atoms in total. The Labute approximate surface area is 185 Å². The molecule has 1 N–H and O–H groups in total. The van der Waals surface area contributed by atoms with E-state index in [1.807, 2.05) is 30.3 Å². The van der Waals surface area contributed by atoms with Crippen LogP contribution in [0.3, 0.4) is 0 Å². The van der Waals surface area contributed by atoms with Crippen LogP contribution in [0, 0.1) is 18.8 Å². The summed E-state index contributed by atoms with van der Waals surface area (Å²) >= 11 is 1.66. The minimum atomic E-state index is -0.289. The highest BCUT2D eigenvalue weighted by Gasteiger charge is 2.37. The lowest BCUT2D eigenvalue weighted by molar-refractivity contribution is -0.151. The van der Waals surface area contributed by atoms with Crippen molar-refractivity contribution in [3.05, 3.63) is 60.2 Å². The number of amides is 1. The Morgan fingerprint density at radius 3 is 2.68 bits per heavy atom. The molecule has 3 atom stereocenters. The third kappa shape index (κ3) is 4.39. The number of aromatic nitrogens is 1. The number of thiazole rings is 1. The Hall–Kier alpha value is -2.99. The molecule has 1 heterocycles. The van der Waals surface area contributed by atoms with Crippen LogP contribution < -0.4 is 5.32 Å². The van der Waals surface area contributed by atoms with E-state index in [1.165, 1.54) is 10.3 Å². The van der Waals surface area contributed by atoms with Gasteiger partial charge in [-0.05, 0) is 67.6 Å². The number of esters is 1. The van der Waals surface area contributed by atoms with Gasteiger partial charge in [0, 0.05) is 23.6 Å². The molecule has 0 spiro atoms. The molecule has 1 fully saturated rings. The fourth-order valence-corrected chi connectivity index (χ4v) is 5.45. The molecule has 1 saturated carbocycles. The Kier molecular flexibility index (Phi) is 5.32. The smallest absolute Gasteiger partial charge is 0.306 e. The molecule has 2 bridgehead atoms. The van der Waals surface area contributed by atoms with Crippen LogP contribution in [0.15, 0.2) is 54.6 Å². The molecule has 0 radical (unpaired) electrons. The van der Waals surface area contributed by atoms with Crippen LogP contribution in [0.25, 0.3) is 20.8 Å². The van der Waals surface area contributed by atoms with Gasteiger partial charge in [0.05, 0.1) is 16.6 Å². The quantitative estimate of drug-likeness (QED) is 0.413. The first-order valence-corrected chi connectivity index (χ1v) is 11.5. The van der Waals surface area contributed by atoms with Gasteiger partial charge >= 0.3 is 5.97 Å². The number of hydrogen-bond acceptors (Lipinski definition) is 5. The molecule has 3 unspecified atom stereocenters.